The van der Waals surface area contributed by atoms with Crippen molar-refractivity contribution >= 4 is 34.5 Å². The van der Waals surface area contributed by atoms with E-state index in [1.54, 1.807) is 6.33 Å². The summed E-state index contributed by atoms with van der Waals surface area (Å²) in [6, 6.07) is 18.8. The van der Waals surface area contributed by atoms with E-state index in [2.05, 4.69) is 36.8 Å². The summed E-state index contributed by atoms with van der Waals surface area (Å²) >= 11 is 0. The van der Waals surface area contributed by atoms with E-state index in [4.69, 9.17) is 30.6 Å². The fraction of sp³-hybridized carbons (Fsp3) is 0.441. The number of likely N-dealkylation sites (N-methyl/N-ethyl adjacent to an activating group) is 1. The molecule has 2 fully saturated rings. The van der Waals surface area contributed by atoms with Gasteiger partial charge in [0.25, 0.3) is 11.9 Å². The molecule has 0 radical (unpaired) electrons. The van der Waals surface area contributed by atoms with Crippen LogP contribution in [0.25, 0.3) is 22.3 Å². The number of hydrogen-bond donors (Lipinski definition) is 5. The Morgan fingerprint density at radius 1 is 0.894 bits per heavy atom. The molecule has 1 saturated carbocycles. The first-order valence-corrected chi connectivity index (χ1v) is 15.9. The Hall–Kier alpha value is -4.59. The van der Waals surface area contributed by atoms with Crippen LogP contribution in [0.3, 0.4) is 0 Å². The number of carboxylic acids is 2. The number of rotatable bonds is 7. The Morgan fingerprint density at radius 2 is 1.47 bits per heavy atom. The summed E-state index contributed by atoms with van der Waals surface area (Å²) < 4.78 is 2.10. The molecule has 0 bridgehead atoms. The van der Waals surface area contributed by atoms with Gasteiger partial charge in [-0.15, -0.1) is 0 Å². The van der Waals surface area contributed by atoms with Gasteiger partial charge in [0.1, 0.15) is 17.8 Å². The average Bonchev–Trinajstić information content (AvgIpc) is 3.45. The normalized spacial score (nSPS) is 19.1. The number of nitrogens with two attached hydrogens (primary N) is 1. The van der Waals surface area contributed by atoms with Crippen LogP contribution in [0.15, 0.2) is 60.9 Å². The molecule has 0 spiro atoms. The van der Waals surface area contributed by atoms with Crippen molar-refractivity contribution in [2.24, 2.45) is 0 Å². The Bertz CT molecular complexity index is 1560. The van der Waals surface area contributed by atoms with Crippen LogP contribution >= 0.6 is 0 Å². The van der Waals surface area contributed by atoms with E-state index in [9.17, 15) is 5.11 Å². The third kappa shape index (κ3) is 9.95. The van der Waals surface area contributed by atoms with Gasteiger partial charge in [-0.3, -0.25) is 14.5 Å². The highest BCUT2D eigenvalue weighted by atomic mass is 16.4. The van der Waals surface area contributed by atoms with Crippen molar-refractivity contribution in [3.05, 3.63) is 66.5 Å². The zero-order chi connectivity index (χ0) is 33.9. The van der Waals surface area contributed by atoms with Crippen LogP contribution in [0.2, 0.25) is 0 Å². The second kappa shape index (κ2) is 16.8. The summed E-state index contributed by atoms with van der Waals surface area (Å²) in [5.41, 5.74) is 10.8. The summed E-state index contributed by atoms with van der Waals surface area (Å²) in [7, 11) is 2.21. The first-order valence-electron chi connectivity index (χ1n) is 15.9. The van der Waals surface area contributed by atoms with Gasteiger partial charge in [-0.2, -0.15) is 5.10 Å². The summed E-state index contributed by atoms with van der Waals surface area (Å²) in [6.45, 7) is 7.25. The lowest BCUT2D eigenvalue weighted by molar-refractivity contribution is -0.135. The predicted octanol–water partition coefficient (Wildman–Crippen LogP) is 4.13. The van der Waals surface area contributed by atoms with Gasteiger partial charge in [0.15, 0.2) is 5.65 Å². The van der Waals surface area contributed by atoms with Gasteiger partial charge < -0.3 is 31.3 Å². The molecule has 2 aliphatic rings. The minimum absolute atomic E-state index is 0.305. The number of aliphatic carboxylic acids is 2. The number of fused-ring (bicyclic) bond motifs is 1. The van der Waals surface area contributed by atoms with Crippen molar-refractivity contribution in [3.63, 3.8) is 0 Å². The summed E-state index contributed by atoms with van der Waals surface area (Å²) in [5.74, 6) is -1.21. The van der Waals surface area contributed by atoms with E-state index in [0.29, 0.717) is 24.4 Å². The number of aromatic nitrogens is 4. The molecule has 1 saturated heterocycles. The number of carbonyl (C=O) groups is 2. The van der Waals surface area contributed by atoms with E-state index < -0.39 is 18.0 Å². The van der Waals surface area contributed by atoms with Crippen LogP contribution in [0.1, 0.15) is 57.2 Å². The van der Waals surface area contributed by atoms with Gasteiger partial charge in [-0.1, -0.05) is 42.5 Å². The minimum atomic E-state index is -0.833. The van der Waals surface area contributed by atoms with E-state index in [1.807, 2.05) is 54.6 Å². The van der Waals surface area contributed by atoms with Crippen LogP contribution in [0.5, 0.6) is 0 Å². The fourth-order valence-electron chi connectivity index (χ4n) is 6.06. The lowest BCUT2D eigenvalue weighted by Crippen LogP contribution is -2.49. The zero-order valence-electron chi connectivity index (χ0n) is 27.3. The third-order valence-electron chi connectivity index (χ3n) is 8.43. The minimum Gasteiger partial charge on any atom is -0.481 e. The van der Waals surface area contributed by atoms with Crippen LogP contribution in [-0.4, -0.2) is 103 Å². The highest BCUT2D eigenvalue weighted by molar-refractivity contribution is 5.98. The molecule has 13 nitrogen and oxygen atoms in total. The lowest BCUT2D eigenvalue weighted by Gasteiger charge is -2.41. The molecular formula is C34H46N8O5. The van der Waals surface area contributed by atoms with Crippen molar-refractivity contribution < 1.29 is 24.9 Å². The molecule has 3 heterocycles. The SMILES string of the molecule is CC(=O)O.CC(=O)O.CN1CCN(C2CCC(n3nc(-c4ccc(NCC(O)c5ccccc5)cc4)c4c(N)ncnc43)CC2)CC1. The average molecular weight is 647 g/mol. The van der Waals surface area contributed by atoms with Gasteiger partial charge in [0.2, 0.25) is 0 Å². The fourth-order valence-corrected chi connectivity index (χ4v) is 6.06. The van der Waals surface area contributed by atoms with E-state index in [0.717, 1.165) is 73.3 Å². The van der Waals surface area contributed by atoms with Crippen molar-refractivity contribution in [2.45, 2.75) is 57.7 Å². The van der Waals surface area contributed by atoms with Crippen molar-refractivity contribution in [3.8, 4) is 11.3 Å². The smallest absolute Gasteiger partial charge is 0.300 e. The number of hydrogen-bond acceptors (Lipinski definition) is 10. The van der Waals surface area contributed by atoms with Gasteiger partial charge in [-0.05, 0) is 50.4 Å². The number of anilines is 2. The van der Waals surface area contributed by atoms with Gasteiger partial charge in [-0.25, -0.2) is 14.6 Å². The van der Waals surface area contributed by atoms with Crippen molar-refractivity contribution in [2.75, 3.05) is 50.8 Å². The largest absolute Gasteiger partial charge is 0.481 e. The van der Waals surface area contributed by atoms with Crippen molar-refractivity contribution in [1.82, 2.24) is 29.5 Å². The molecule has 1 aliphatic heterocycles. The molecule has 13 heteroatoms. The van der Waals surface area contributed by atoms with E-state index in [1.165, 1.54) is 25.9 Å². The number of nitrogen functional groups attached to an aromatic ring is 1. The topological polar surface area (TPSA) is 183 Å². The molecule has 0 amide bonds. The number of piperazine rings is 1. The third-order valence-corrected chi connectivity index (χ3v) is 8.43. The lowest BCUT2D eigenvalue weighted by atomic mass is 9.90. The molecule has 47 heavy (non-hydrogen) atoms. The second-order valence-electron chi connectivity index (χ2n) is 12.0. The molecule has 2 aromatic heterocycles. The summed E-state index contributed by atoms with van der Waals surface area (Å²) in [6.07, 6.45) is 5.50. The van der Waals surface area contributed by atoms with E-state index >= 15 is 0 Å². The standard InChI is InChI=1S/C30H38N8O.2C2H4O2/c1-36-15-17-37(18-16-36)24-11-13-25(14-12-24)38-30-27(29(31)33-20-34-30)28(35-38)22-7-9-23(10-8-22)32-19-26(39)21-5-3-2-4-6-21;2*1-2(3)4/h2-10,20,24-26,32,39H,11-19H2,1H3,(H2,31,33,34);2*1H3,(H,3,4). The molecule has 6 N–H and O–H groups in total. The summed E-state index contributed by atoms with van der Waals surface area (Å²) in [5, 5.41) is 34.6. The van der Waals surface area contributed by atoms with Crippen LogP contribution < -0.4 is 11.1 Å². The maximum atomic E-state index is 10.5. The summed E-state index contributed by atoms with van der Waals surface area (Å²) in [4.78, 5) is 32.0. The Balaban J connectivity index is 0.000000564. The molecule has 252 valence electrons. The zero-order valence-corrected chi connectivity index (χ0v) is 27.3. The van der Waals surface area contributed by atoms with Gasteiger partial charge in [0, 0.05) is 63.9 Å². The highest BCUT2D eigenvalue weighted by Crippen LogP contribution is 2.37. The molecule has 6 rings (SSSR count). The Morgan fingerprint density at radius 3 is 2.06 bits per heavy atom. The monoisotopic (exact) mass is 646 g/mol. The van der Waals surface area contributed by atoms with Crippen LogP contribution in [-0.2, 0) is 9.59 Å². The number of aliphatic hydroxyl groups is 1. The maximum Gasteiger partial charge on any atom is 0.300 e. The van der Waals surface area contributed by atoms with E-state index in [-0.39, 0.29) is 0 Å². The predicted molar refractivity (Wildman–Crippen MR) is 182 cm³/mol. The second-order valence-corrected chi connectivity index (χ2v) is 12.0. The molecular weight excluding hydrogens is 600 g/mol. The molecule has 4 aromatic rings. The van der Waals surface area contributed by atoms with Gasteiger partial charge in [0.05, 0.1) is 17.5 Å². The quantitative estimate of drug-likeness (QED) is 0.194. The van der Waals surface area contributed by atoms with Crippen LogP contribution in [0.4, 0.5) is 11.5 Å². The maximum absolute atomic E-state index is 10.5. The first kappa shape index (κ1) is 35.3. The Labute approximate surface area is 275 Å². The number of carboxylic acid groups (broad SMARTS) is 2. The number of aliphatic hydroxyl groups excluding tert-OH is 1. The first-order chi connectivity index (χ1) is 22.5. The number of nitrogens with zero attached hydrogens (tertiary/aromatic N) is 6. The number of benzene rings is 2. The molecule has 1 atom stereocenters. The van der Waals surface area contributed by atoms with Crippen molar-refractivity contribution in [1.29, 1.82) is 0 Å². The molecule has 1 aliphatic carbocycles. The Kier molecular flexibility index (Phi) is 12.6. The van der Waals surface area contributed by atoms with Crippen LogP contribution in [0, 0.1) is 0 Å². The highest BCUT2D eigenvalue weighted by Gasteiger charge is 2.30. The molecule has 2 aromatic carbocycles. The number of nitrogens with one attached hydrogen (secondary N) is 1. The van der Waals surface area contributed by atoms with Gasteiger partial charge >= 0.3 is 0 Å². The molecule has 1 unspecified atom stereocenters.